The molecule has 0 saturated carbocycles. The van der Waals surface area contributed by atoms with Gasteiger partial charge in [-0.1, -0.05) is 48.5 Å². The van der Waals surface area contributed by atoms with Crippen LogP contribution in [0, 0.1) is 0 Å². The van der Waals surface area contributed by atoms with Gasteiger partial charge < -0.3 is 10.1 Å². The summed E-state index contributed by atoms with van der Waals surface area (Å²) in [6, 6.07) is 25.0. The largest absolute Gasteiger partial charge is 0.383 e. The van der Waals surface area contributed by atoms with E-state index in [1.165, 1.54) is 31.0 Å². The maximum Gasteiger partial charge on any atom is 0.242 e. The number of hydrogen-bond donors (Lipinski definition) is 2. The Morgan fingerprint density at radius 3 is 2.12 bits per heavy atom. The summed E-state index contributed by atoms with van der Waals surface area (Å²) in [4.78, 5) is 14.2. The molecule has 8 heteroatoms. The molecular weight excluding hydrogens is 444 g/mol. The van der Waals surface area contributed by atoms with Gasteiger partial charge in [0.05, 0.1) is 11.5 Å². The van der Waals surface area contributed by atoms with Gasteiger partial charge in [-0.2, -0.15) is 0 Å². The van der Waals surface area contributed by atoms with E-state index in [4.69, 9.17) is 4.74 Å². The second-order valence-corrected chi connectivity index (χ2v) is 10.1. The molecule has 0 heterocycles. The SMILES string of the molecule is COCC(C)NS(=O)(=O)c1ccc(NC(=O)C(Sc2ccccc2)c2ccccc2)cc1. The lowest BCUT2D eigenvalue weighted by Crippen LogP contribution is -2.35. The molecule has 32 heavy (non-hydrogen) atoms. The van der Waals surface area contributed by atoms with E-state index in [1.807, 2.05) is 60.7 Å². The molecule has 3 aromatic carbocycles. The quantitative estimate of drug-likeness (QED) is 0.427. The molecule has 2 atom stereocenters. The molecule has 6 nitrogen and oxygen atoms in total. The smallest absolute Gasteiger partial charge is 0.242 e. The van der Waals surface area contributed by atoms with Gasteiger partial charge >= 0.3 is 0 Å². The van der Waals surface area contributed by atoms with E-state index in [2.05, 4.69) is 10.0 Å². The molecule has 0 radical (unpaired) electrons. The minimum Gasteiger partial charge on any atom is -0.383 e. The van der Waals surface area contributed by atoms with E-state index in [1.54, 1.807) is 19.1 Å². The van der Waals surface area contributed by atoms with Gasteiger partial charge in [-0.25, -0.2) is 13.1 Å². The number of methoxy groups -OCH3 is 1. The molecule has 2 unspecified atom stereocenters. The van der Waals surface area contributed by atoms with Crippen LogP contribution in [0.5, 0.6) is 0 Å². The third-order valence-corrected chi connectivity index (χ3v) is 7.41. The van der Waals surface area contributed by atoms with Crippen LogP contribution in [0.1, 0.15) is 17.7 Å². The van der Waals surface area contributed by atoms with Crippen molar-refractivity contribution in [1.29, 1.82) is 0 Å². The van der Waals surface area contributed by atoms with Gasteiger partial charge in [-0.05, 0) is 48.9 Å². The van der Waals surface area contributed by atoms with Crippen LogP contribution in [-0.2, 0) is 19.6 Å². The zero-order valence-corrected chi connectivity index (χ0v) is 19.5. The molecule has 2 N–H and O–H groups in total. The second kappa shape index (κ2) is 11.3. The van der Waals surface area contributed by atoms with E-state index in [0.717, 1.165) is 10.5 Å². The fraction of sp³-hybridized carbons (Fsp3) is 0.208. The van der Waals surface area contributed by atoms with Crippen LogP contribution < -0.4 is 10.0 Å². The maximum atomic E-state index is 13.1. The molecule has 0 spiro atoms. The number of anilines is 1. The Balaban J connectivity index is 1.75. The number of carbonyl (C=O) groups excluding carboxylic acids is 1. The second-order valence-electron chi connectivity index (χ2n) is 7.21. The lowest BCUT2D eigenvalue weighted by molar-refractivity contribution is -0.115. The lowest BCUT2D eigenvalue weighted by atomic mass is 10.1. The van der Waals surface area contributed by atoms with Crippen molar-refractivity contribution in [2.24, 2.45) is 0 Å². The number of rotatable bonds is 10. The van der Waals surface area contributed by atoms with Gasteiger partial charge in [-0.3, -0.25) is 4.79 Å². The first-order chi connectivity index (χ1) is 15.4. The van der Waals surface area contributed by atoms with Crippen LogP contribution in [0.25, 0.3) is 0 Å². The van der Waals surface area contributed by atoms with Crippen molar-refractivity contribution < 1.29 is 17.9 Å². The highest BCUT2D eigenvalue weighted by molar-refractivity contribution is 8.00. The number of carbonyl (C=O) groups is 1. The van der Waals surface area contributed by atoms with Crippen LogP contribution >= 0.6 is 11.8 Å². The topological polar surface area (TPSA) is 84.5 Å². The third-order valence-electron chi connectivity index (χ3n) is 4.54. The first kappa shape index (κ1) is 24.0. The van der Waals surface area contributed by atoms with E-state index >= 15 is 0 Å². The van der Waals surface area contributed by atoms with Gasteiger partial charge in [0.2, 0.25) is 15.9 Å². The van der Waals surface area contributed by atoms with Gasteiger partial charge in [0.25, 0.3) is 0 Å². The molecule has 0 aliphatic carbocycles. The highest BCUT2D eigenvalue weighted by atomic mass is 32.2. The summed E-state index contributed by atoms with van der Waals surface area (Å²) >= 11 is 1.46. The molecular formula is C24H26N2O4S2. The van der Waals surface area contributed by atoms with E-state index in [-0.39, 0.29) is 23.5 Å². The predicted molar refractivity (Wildman–Crippen MR) is 128 cm³/mol. The minimum atomic E-state index is -3.67. The summed E-state index contributed by atoms with van der Waals surface area (Å²) in [6.45, 7) is 2.00. The van der Waals surface area contributed by atoms with Crippen molar-refractivity contribution in [3.05, 3.63) is 90.5 Å². The number of nitrogens with one attached hydrogen (secondary N) is 2. The summed E-state index contributed by atoms with van der Waals surface area (Å²) in [6.07, 6.45) is 0. The van der Waals surface area contributed by atoms with Crippen molar-refractivity contribution in [3.63, 3.8) is 0 Å². The van der Waals surface area contributed by atoms with E-state index < -0.39 is 15.3 Å². The normalized spacial score (nSPS) is 13.3. The third kappa shape index (κ3) is 6.67. The molecule has 0 saturated heterocycles. The Morgan fingerprint density at radius 1 is 0.938 bits per heavy atom. The fourth-order valence-electron chi connectivity index (χ4n) is 3.08. The average molecular weight is 471 g/mol. The van der Waals surface area contributed by atoms with Crippen LogP contribution in [0.2, 0.25) is 0 Å². The number of ether oxygens (including phenoxy) is 1. The standard InChI is InChI=1S/C24H26N2O4S2/c1-18(17-30-2)26-32(28,29)22-15-13-20(14-16-22)25-24(27)23(19-9-5-3-6-10-19)31-21-11-7-4-8-12-21/h3-16,18,23,26H,17H2,1-2H3,(H,25,27). The summed E-state index contributed by atoms with van der Waals surface area (Å²) < 4.78 is 32.5. The molecule has 3 aromatic rings. The van der Waals surface area contributed by atoms with Gasteiger partial charge in [0.1, 0.15) is 5.25 Å². The zero-order valence-electron chi connectivity index (χ0n) is 17.9. The Kier molecular flexibility index (Phi) is 8.46. The number of sulfonamides is 1. The Hall–Kier alpha value is -2.65. The summed E-state index contributed by atoms with van der Waals surface area (Å²) in [5.74, 6) is -0.187. The molecule has 0 aliphatic heterocycles. The Labute approximate surface area is 193 Å². The van der Waals surface area contributed by atoms with Crippen molar-refractivity contribution in [2.45, 2.75) is 28.0 Å². The van der Waals surface area contributed by atoms with Crippen molar-refractivity contribution >= 4 is 33.4 Å². The zero-order chi connectivity index (χ0) is 23.0. The highest BCUT2D eigenvalue weighted by Crippen LogP contribution is 2.36. The monoisotopic (exact) mass is 470 g/mol. The van der Waals surface area contributed by atoms with Crippen molar-refractivity contribution in [2.75, 3.05) is 19.0 Å². The highest BCUT2D eigenvalue weighted by Gasteiger charge is 2.23. The number of thioether (sulfide) groups is 1. The summed E-state index contributed by atoms with van der Waals surface area (Å²) in [7, 11) is -2.16. The molecule has 0 fully saturated rings. The molecule has 0 aliphatic rings. The van der Waals surface area contributed by atoms with Crippen molar-refractivity contribution in [1.82, 2.24) is 4.72 Å². The van der Waals surface area contributed by atoms with Crippen LogP contribution in [0.4, 0.5) is 5.69 Å². The van der Waals surface area contributed by atoms with E-state index in [0.29, 0.717) is 5.69 Å². The summed E-state index contributed by atoms with van der Waals surface area (Å²) in [5.41, 5.74) is 1.41. The van der Waals surface area contributed by atoms with Gasteiger partial charge in [-0.15, -0.1) is 11.8 Å². The first-order valence-electron chi connectivity index (χ1n) is 10.1. The van der Waals surface area contributed by atoms with Crippen molar-refractivity contribution in [3.8, 4) is 0 Å². The van der Waals surface area contributed by atoms with Gasteiger partial charge in [0.15, 0.2) is 0 Å². The Morgan fingerprint density at radius 2 is 1.53 bits per heavy atom. The maximum absolute atomic E-state index is 13.1. The lowest BCUT2D eigenvalue weighted by Gasteiger charge is -2.17. The molecule has 0 aromatic heterocycles. The van der Waals surface area contributed by atoms with E-state index in [9.17, 15) is 13.2 Å². The Bertz CT molecular complexity index is 1110. The average Bonchev–Trinajstić information content (AvgIpc) is 2.79. The fourth-order valence-corrected chi connectivity index (χ4v) is 5.35. The first-order valence-corrected chi connectivity index (χ1v) is 12.4. The van der Waals surface area contributed by atoms with Crippen LogP contribution in [-0.4, -0.2) is 34.1 Å². The van der Waals surface area contributed by atoms with Crippen LogP contribution in [0.3, 0.4) is 0 Å². The van der Waals surface area contributed by atoms with Gasteiger partial charge in [0, 0.05) is 23.7 Å². The number of amides is 1. The molecule has 1 amide bonds. The predicted octanol–water partition coefficient (Wildman–Crippen LogP) is 4.47. The number of hydrogen-bond acceptors (Lipinski definition) is 5. The summed E-state index contributed by atoms with van der Waals surface area (Å²) in [5, 5.41) is 2.45. The molecule has 3 rings (SSSR count). The molecule has 0 bridgehead atoms. The number of benzene rings is 3. The van der Waals surface area contributed by atoms with Crippen LogP contribution in [0.15, 0.2) is 94.7 Å². The molecule has 168 valence electrons. The minimum absolute atomic E-state index is 0.122.